The first-order valence-corrected chi connectivity index (χ1v) is 13.2. The highest BCUT2D eigenvalue weighted by Gasteiger charge is 2.27. The lowest BCUT2D eigenvalue weighted by Gasteiger charge is -2.26. The van der Waals surface area contributed by atoms with Crippen LogP contribution in [0.25, 0.3) is 22.3 Å². The van der Waals surface area contributed by atoms with Crippen LogP contribution < -0.4 is 0 Å². The quantitative estimate of drug-likeness (QED) is 0.191. The Labute approximate surface area is 234 Å². The highest BCUT2D eigenvalue weighted by atomic mass is 16.5. The molecule has 5 aromatic carbocycles. The minimum Gasteiger partial charge on any atom is -0.453 e. The predicted octanol–water partition coefficient (Wildman–Crippen LogP) is 8.33. The molecular formula is C36H30O4. The van der Waals surface area contributed by atoms with Crippen LogP contribution in [-0.2, 0) is 19.1 Å². The first-order chi connectivity index (χ1) is 19.5. The predicted molar refractivity (Wildman–Crippen MR) is 157 cm³/mol. The maximum Gasteiger partial charge on any atom is 0.303 e. The summed E-state index contributed by atoms with van der Waals surface area (Å²) in [4.78, 5) is 24.6. The Morgan fingerprint density at radius 2 is 0.725 bits per heavy atom. The van der Waals surface area contributed by atoms with Crippen LogP contribution in [0.15, 0.2) is 133 Å². The molecule has 0 heterocycles. The fourth-order valence-corrected chi connectivity index (χ4v) is 4.90. The van der Waals surface area contributed by atoms with E-state index >= 15 is 0 Å². The monoisotopic (exact) mass is 526 g/mol. The second kappa shape index (κ2) is 12.3. The molecule has 198 valence electrons. The third-order valence-corrected chi connectivity index (χ3v) is 6.77. The minimum atomic E-state index is -0.680. The van der Waals surface area contributed by atoms with Crippen molar-refractivity contribution in [3.8, 4) is 22.3 Å². The van der Waals surface area contributed by atoms with Crippen molar-refractivity contribution in [3.05, 3.63) is 156 Å². The van der Waals surface area contributed by atoms with Crippen LogP contribution in [-0.4, -0.2) is 11.9 Å². The van der Waals surface area contributed by atoms with E-state index in [4.69, 9.17) is 9.47 Å². The zero-order valence-electron chi connectivity index (χ0n) is 22.5. The number of hydrogen-bond donors (Lipinski definition) is 0. The number of benzene rings is 5. The average molecular weight is 527 g/mol. The third-order valence-electron chi connectivity index (χ3n) is 6.77. The fraction of sp³-hybridized carbons (Fsp3) is 0.111. The molecule has 0 aliphatic heterocycles. The van der Waals surface area contributed by atoms with E-state index in [0.29, 0.717) is 0 Å². The zero-order chi connectivity index (χ0) is 27.9. The van der Waals surface area contributed by atoms with Gasteiger partial charge in [-0.2, -0.15) is 0 Å². The van der Waals surface area contributed by atoms with E-state index in [1.807, 2.05) is 109 Å². The summed E-state index contributed by atoms with van der Waals surface area (Å²) in [5.74, 6) is -0.800. The van der Waals surface area contributed by atoms with E-state index < -0.39 is 24.1 Å². The van der Waals surface area contributed by atoms with E-state index in [9.17, 15) is 9.59 Å². The summed E-state index contributed by atoms with van der Waals surface area (Å²) in [6.45, 7) is 2.81. The third kappa shape index (κ3) is 6.19. The molecule has 0 aliphatic rings. The average Bonchev–Trinajstić information content (AvgIpc) is 3.00. The van der Waals surface area contributed by atoms with Gasteiger partial charge in [0, 0.05) is 25.0 Å². The van der Waals surface area contributed by atoms with Crippen LogP contribution in [0.3, 0.4) is 0 Å². The van der Waals surface area contributed by atoms with Crippen molar-refractivity contribution in [2.75, 3.05) is 0 Å². The molecule has 5 rings (SSSR count). The summed E-state index contributed by atoms with van der Waals surface area (Å²) in [5.41, 5.74) is 7.49. The van der Waals surface area contributed by atoms with Crippen molar-refractivity contribution in [1.29, 1.82) is 0 Å². The van der Waals surface area contributed by atoms with Crippen LogP contribution in [0, 0.1) is 0 Å². The smallest absolute Gasteiger partial charge is 0.303 e. The summed E-state index contributed by atoms with van der Waals surface area (Å²) in [6, 6.07) is 43.8. The molecule has 0 N–H and O–H groups in total. The molecular weight excluding hydrogens is 496 g/mol. The summed E-state index contributed by atoms with van der Waals surface area (Å²) >= 11 is 0. The van der Waals surface area contributed by atoms with Crippen molar-refractivity contribution in [3.63, 3.8) is 0 Å². The van der Waals surface area contributed by atoms with Crippen LogP contribution in [0.5, 0.6) is 0 Å². The van der Waals surface area contributed by atoms with Crippen molar-refractivity contribution >= 4 is 11.9 Å². The minimum absolute atomic E-state index is 0.400. The fourth-order valence-electron chi connectivity index (χ4n) is 4.90. The Bertz CT molecular complexity index is 1450. The summed E-state index contributed by atoms with van der Waals surface area (Å²) < 4.78 is 11.8. The van der Waals surface area contributed by atoms with Gasteiger partial charge in [-0.05, 0) is 33.4 Å². The number of ether oxygens (including phenoxy) is 2. The van der Waals surface area contributed by atoms with Gasteiger partial charge in [0.1, 0.15) is 0 Å². The molecule has 0 fully saturated rings. The number of esters is 2. The second-order valence-corrected chi connectivity index (χ2v) is 9.58. The van der Waals surface area contributed by atoms with Gasteiger partial charge >= 0.3 is 11.9 Å². The van der Waals surface area contributed by atoms with Gasteiger partial charge in [0.15, 0.2) is 12.2 Å². The Balaban J connectivity index is 1.54. The molecule has 0 bridgehead atoms. The molecule has 2 unspecified atom stereocenters. The van der Waals surface area contributed by atoms with E-state index in [1.54, 1.807) is 0 Å². The molecule has 0 aromatic heterocycles. The van der Waals surface area contributed by atoms with Crippen LogP contribution in [0.2, 0.25) is 0 Å². The van der Waals surface area contributed by atoms with Gasteiger partial charge in [-0.15, -0.1) is 0 Å². The first kappa shape index (κ1) is 26.6. The second-order valence-electron chi connectivity index (χ2n) is 9.58. The molecule has 0 radical (unpaired) electrons. The number of hydrogen-bond acceptors (Lipinski definition) is 4. The summed E-state index contributed by atoms with van der Waals surface area (Å²) in [5, 5.41) is 0. The lowest BCUT2D eigenvalue weighted by atomic mass is 9.90. The topological polar surface area (TPSA) is 52.6 Å². The Morgan fingerprint density at radius 1 is 0.425 bits per heavy atom. The SMILES string of the molecule is CC(=O)OC(c1ccc(-c2ccccc2)cc1)c1ccccc1C(OC(C)=O)c1ccc(-c2ccccc2)cc1. The van der Waals surface area contributed by atoms with Gasteiger partial charge in [0.05, 0.1) is 0 Å². The van der Waals surface area contributed by atoms with Crippen molar-refractivity contribution < 1.29 is 19.1 Å². The van der Waals surface area contributed by atoms with Crippen LogP contribution in [0.4, 0.5) is 0 Å². The molecule has 2 atom stereocenters. The molecule has 0 saturated heterocycles. The van der Waals surface area contributed by atoms with Crippen molar-refractivity contribution in [2.45, 2.75) is 26.1 Å². The Hall–Kier alpha value is -4.96. The Kier molecular flexibility index (Phi) is 8.17. The van der Waals surface area contributed by atoms with E-state index in [1.165, 1.54) is 13.8 Å². The van der Waals surface area contributed by atoms with Gasteiger partial charge < -0.3 is 9.47 Å². The summed E-state index contributed by atoms with van der Waals surface area (Å²) in [7, 11) is 0. The van der Waals surface area contributed by atoms with Crippen LogP contribution >= 0.6 is 0 Å². The molecule has 0 saturated carbocycles. The lowest BCUT2D eigenvalue weighted by molar-refractivity contribution is -0.146. The maximum absolute atomic E-state index is 12.3. The van der Waals surface area contributed by atoms with Gasteiger partial charge in [-0.1, -0.05) is 133 Å². The maximum atomic E-state index is 12.3. The molecule has 4 nitrogen and oxygen atoms in total. The normalized spacial score (nSPS) is 12.2. The molecule has 5 aromatic rings. The molecule has 4 heteroatoms. The number of carbonyl (C=O) groups excluding carboxylic acids is 2. The molecule has 0 amide bonds. The zero-order valence-corrected chi connectivity index (χ0v) is 22.5. The molecule has 0 spiro atoms. The van der Waals surface area contributed by atoms with E-state index in [0.717, 1.165) is 44.5 Å². The van der Waals surface area contributed by atoms with Crippen molar-refractivity contribution in [1.82, 2.24) is 0 Å². The number of carbonyl (C=O) groups is 2. The Morgan fingerprint density at radius 3 is 1.05 bits per heavy atom. The van der Waals surface area contributed by atoms with Gasteiger partial charge in [0.2, 0.25) is 0 Å². The van der Waals surface area contributed by atoms with Gasteiger partial charge in [-0.3, -0.25) is 9.59 Å². The standard InChI is InChI=1S/C36H30O4/c1-25(37)39-35(31-21-17-29(18-22-31)27-11-5-3-6-12-27)33-15-9-10-16-34(33)36(40-26(2)38)32-23-19-30(20-24-32)28-13-7-4-8-14-28/h3-24,35-36H,1-2H3. The highest BCUT2D eigenvalue weighted by molar-refractivity contribution is 5.69. The lowest BCUT2D eigenvalue weighted by Crippen LogP contribution is -2.17. The summed E-state index contributed by atoms with van der Waals surface area (Å²) in [6.07, 6.45) is -1.36. The van der Waals surface area contributed by atoms with Gasteiger partial charge in [-0.25, -0.2) is 0 Å². The first-order valence-electron chi connectivity index (χ1n) is 13.2. The molecule has 0 aliphatic carbocycles. The van der Waals surface area contributed by atoms with Crippen LogP contribution in [0.1, 0.15) is 48.3 Å². The van der Waals surface area contributed by atoms with E-state index in [2.05, 4.69) is 24.3 Å². The number of rotatable bonds is 8. The van der Waals surface area contributed by atoms with Crippen molar-refractivity contribution in [2.24, 2.45) is 0 Å². The molecule has 40 heavy (non-hydrogen) atoms. The highest BCUT2D eigenvalue weighted by Crippen LogP contribution is 2.37. The van der Waals surface area contributed by atoms with E-state index in [-0.39, 0.29) is 0 Å². The largest absolute Gasteiger partial charge is 0.453 e. The van der Waals surface area contributed by atoms with Gasteiger partial charge in [0.25, 0.3) is 0 Å².